The molecule has 0 bridgehead atoms. The Balaban J connectivity index is 0.00000256. The zero-order chi connectivity index (χ0) is 20.2. The van der Waals surface area contributed by atoms with Crippen LogP contribution in [0.1, 0.15) is 13.8 Å². The highest BCUT2D eigenvalue weighted by atomic mass is 127. The number of anilines is 1. The first-order chi connectivity index (χ1) is 14.2. The van der Waals surface area contributed by atoms with Gasteiger partial charge in [0.1, 0.15) is 5.69 Å². The number of aryl methyl sites for hydroxylation is 1. The number of hydrogen-bond acceptors (Lipinski definition) is 5. The Morgan fingerprint density at radius 3 is 2.00 bits per heavy atom. The summed E-state index contributed by atoms with van der Waals surface area (Å²) < 4.78 is 1.97. The van der Waals surface area contributed by atoms with E-state index in [2.05, 4.69) is 51.1 Å². The van der Waals surface area contributed by atoms with Gasteiger partial charge in [-0.05, 0) is 74.5 Å². The number of hydrogen-bond donors (Lipinski definition) is 0. The van der Waals surface area contributed by atoms with E-state index in [0.29, 0.717) is 0 Å². The maximum atomic E-state index is 4.64. The highest BCUT2D eigenvalue weighted by Gasteiger charge is 2.13. The molecule has 0 N–H and O–H groups in total. The van der Waals surface area contributed by atoms with E-state index in [-0.39, 0.29) is 24.0 Å². The Labute approximate surface area is 194 Å². The van der Waals surface area contributed by atoms with Gasteiger partial charge in [-0.25, -0.2) is 9.97 Å². The Bertz CT molecular complexity index is 1080. The van der Waals surface area contributed by atoms with E-state index in [1.807, 2.05) is 66.3 Å². The molecular weight excluding hydrogens is 487 g/mol. The zero-order valence-corrected chi connectivity index (χ0v) is 19.7. The van der Waals surface area contributed by atoms with Gasteiger partial charge in [-0.1, -0.05) is 0 Å². The molecule has 6 nitrogen and oxygen atoms in total. The number of azo groups is 1. The fraction of sp³-hybridized carbons (Fsp3) is 0.217. The first-order valence-corrected chi connectivity index (χ1v) is 9.84. The zero-order valence-electron chi connectivity index (χ0n) is 17.4. The van der Waals surface area contributed by atoms with Crippen LogP contribution in [0.3, 0.4) is 0 Å². The summed E-state index contributed by atoms with van der Waals surface area (Å²) in [5.74, 6) is 1.59. The number of rotatable bonds is 6. The summed E-state index contributed by atoms with van der Waals surface area (Å²) in [6.07, 6.45) is 1.97. The van der Waals surface area contributed by atoms with Gasteiger partial charge in [0.25, 0.3) is 0 Å². The molecule has 0 unspecified atom stereocenters. The topological polar surface area (TPSA) is 58.7 Å². The summed E-state index contributed by atoms with van der Waals surface area (Å²) in [5, 5.41) is 8.70. The maximum absolute atomic E-state index is 4.64. The van der Waals surface area contributed by atoms with E-state index in [1.165, 1.54) is 5.69 Å². The second kappa shape index (κ2) is 9.80. The number of imidazole rings is 1. The van der Waals surface area contributed by atoms with Gasteiger partial charge in [0.2, 0.25) is 0 Å². The molecule has 0 aromatic heterocycles. The highest BCUT2D eigenvalue weighted by Crippen LogP contribution is 2.27. The molecule has 0 amide bonds. The maximum Gasteiger partial charge on any atom is 0.162 e. The van der Waals surface area contributed by atoms with Gasteiger partial charge in [-0.15, -0.1) is 24.0 Å². The molecule has 0 aliphatic carbocycles. The molecule has 0 radical (unpaired) electrons. The van der Waals surface area contributed by atoms with E-state index in [1.54, 1.807) is 0 Å². The summed E-state index contributed by atoms with van der Waals surface area (Å²) in [6, 6.07) is 19.9. The lowest BCUT2D eigenvalue weighted by Crippen LogP contribution is -2.21. The van der Waals surface area contributed by atoms with Crippen LogP contribution in [0.5, 0.6) is 0 Å². The number of benzene rings is 2. The van der Waals surface area contributed by atoms with E-state index >= 15 is 0 Å². The van der Waals surface area contributed by atoms with Gasteiger partial charge < -0.3 is 9.47 Å². The third kappa shape index (κ3) is 4.67. The second-order valence-electron chi connectivity index (χ2n) is 6.81. The van der Waals surface area contributed by atoms with Crippen LogP contribution in [0.15, 0.2) is 77.1 Å². The predicted octanol–water partition coefficient (Wildman–Crippen LogP) is 6.47. The number of aromatic nitrogens is 3. The van der Waals surface area contributed by atoms with Crippen molar-refractivity contribution in [2.75, 3.05) is 18.0 Å². The first kappa shape index (κ1) is 21.9. The van der Waals surface area contributed by atoms with Crippen molar-refractivity contribution in [2.24, 2.45) is 17.3 Å². The van der Waals surface area contributed by atoms with Crippen LogP contribution >= 0.6 is 24.0 Å². The number of pyridine rings is 1. The quantitative estimate of drug-likeness (QED) is 0.220. The number of fused-ring (bicyclic) bond motifs is 1. The van der Waals surface area contributed by atoms with Crippen molar-refractivity contribution < 1.29 is 0 Å². The second-order valence-corrected chi connectivity index (χ2v) is 6.81. The molecule has 0 saturated carbocycles. The summed E-state index contributed by atoms with van der Waals surface area (Å²) in [7, 11) is 1.97. The molecule has 2 aliphatic heterocycles. The standard InChI is InChI=1S/C23H24N6.HI/c1-4-29(5-2)20-14-12-19(13-15-20)27-26-18-10-8-17(9-11-18)22-24-21-7-6-16-28(3)23(21)25-22;/h6-16H,4-5H2,1-3H3;1H. The van der Waals surface area contributed by atoms with Crippen molar-refractivity contribution in [3.05, 3.63) is 66.9 Å². The van der Waals surface area contributed by atoms with Gasteiger partial charge in [0.05, 0.1) is 11.4 Å². The molecule has 2 aromatic carbocycles. The summed E-state index contributed by atoms with van der Waals surface area (Å²) >= 11 is 0. The van der Waals surface area contributed by atoms with Crippen LogP contribution in [0.2, 0.25) is 0 Å². The Morgan fingerprint density at radius 1 is 0.833 bits per heavy atom. The molecule has 2 aromatic rings. The van der Waals surface area contributed by atoms with Crippen molar-refractivity contribution in [2.45, 2.75) is 13.8 Å². The van der Waals surface area contributed by atoms with Crippen LogP contribution < -0.4 is 4.90 Å². The molecule has 0 fully saturated rings. The minimum Gasteiger partial charge on any atom is -0.372 e. The third-order valence-electron chi connectivity index (χ3n) is 4.95. The smallest absolute Gasteiger partial charge is 0.162 e. The van der Waals surface area contributed by atoms with E-state index < -0.39 is 0 Å². The van der Waals surface area contributed by atoms with E-state index in [4.69, 9.17) is 0 Å². The molecule has 0 atom stereocenters. The van der Waals surface area contributed by atoms with Crippen molar-refractivity contribution in [3.8, 4) is 22.9 Å². The van der Waals surface area contributed by atoms with Crippen LogP contribution in [-0.2, 0) is 7.05 Å². The van der Waals surface area contributed by atoms with Gasteiger partial charge >= 0.3 is 0 Å². The van der Waals surface area contributed by atoms with Gasteiger partial charge in [-0.2, -0.15) is 10.2 Å². The van der Waals surface area contributed by atoms with E-state index in [0.717, 1.165) is 47.4 Å². The van der Waals surface area contributed by atoms with Crippen molar-refractivity contribution >= 4 is 41.0 Å². The molecule has 0 spiro atoms. The number of halogens is 1. The van der Waals surface area contributed by atoms with Gasteiger partial charge in [0.15, 0.2) is 11.6 Å². The monoisotopic (exact) mass is 512 g/mol. The Hall–Kier alpha value is -2.81. The van der Waals surface area contributed by atoms with Crippen molar-refractivity contribution in [1.82, 2.24) is 14.5 Å². The molecule has 0 saturated heterocycles. The normalized spacial score (nSPS) is 11.0. The molecule has 2 heterocycles. The highest BCUT2D eigenvalue weighted by molar-refractivity contribution is 14.0. The summed E-state index contributed by atoms with van der Waals surface area (Å²) in [4.78, 5) is 11.5. The molecule has 2 aliphatic rings. The molecular formula is C23H25IN6. The lowest BCUT2D eigenvalue weighted by atomic mass is 10.2. The van der Waals surface area contributed by atoms with Crippen molar-refractivity contribution in [3.63, 3.8) is 0 Å². The summed E-state index contributed by atoms with van der Waals surface area (Å²) in [6.45, 7) is 6.29. The average molecular weight is 512 g/mol. The minimum atomic E-state index is 0. The lowest BCUT2D eigenvalue weighted by Gasteiger charge is -2.20. The average Bonchev–Trinajstić information content (AvgIpc) is 3.20. The van der Waals surface area contributed by atoms with Crippen LogP contribution in [-0.4, -0.2) is 27.6 Å². The predicted molar refractivity (Wildman–Crippen MR) is 133 cm³/mol. The third-order valence-corrected chi connectivity index (χ3v) is 4.95. The van der Waals surface area contributed by atoms with Crippen molar-refractivity contribution in [1.29, 1.82) is 0 Å². The van der Waals surface area contributed by atoms with Gasteiger partial charge in [0, 0.05) is 37.6 Å². The van der Waals surface area contributed by atoms with Crippen LogP contribution in [0, 0.1) is 0 Å². The molecule has 7 heteroatoms. The molecule has 154 valence electrons. The summed E-state index contributed by atoms with van der Waals surface area (Å²) in [5.41, 5.74) is 4.69. The molecule has 30 heavy (non-hydrogen) atoms. The fourth-order valence-corrected chi connectivity index (χ4v) is 3.29. The lowest BCUT2D eigenvalue weighted by molar-refractivity contribution is 0.866. The SMILES string of the molecule is CCN(CC)c1ccc(N=Nc2ccc(-c3nc4cccn(C)c-4n3)cc2)cc1.I. The first-order valence-electron chi connectivity index (χ1n) is 9.84. The fourth-order valence-electron chi connectivity index (χ4n) is 3.29. The number of nitrogens with zero attached hydrogens (tertiary/aromatic N) is 6. The largest absolute Gasteiger partial charge is 0.372 e. The van der Waals surface area contributed by atoms with Crippen LogP contribution in [0.25, 0.3) is 22.9 Å². The Morgan fingerprint density at radius 2 is 1.43 bits per heavy atom. The van der Waals surface area contributed by atoms with Crippen LogP contribution in [0.4, 0.5) is 17.1 Å². The minimum absolute atomic E-state index is 0. The van der Waals surface area contributed by atoms with E-state index in [9.17, 15) is 0 Å². The Kier molecular flexibility index (Phi) is 7.15. The molecule has 4 rings (SSSR count). The van der Waals surface area contributed by atoms with Gasteiger partial charge in [-0.3, -0.25) is 0 Å².